The van der Waals surface area contributed by atoms with Gasteiger partial charge in [-0.2, -0.15) is 5.10 Å². The van der Waals surface area contributed by atoms with Gasteiger partial charge in [0.2, 0.25) is 5.91 Å². The van der Waals surface area contributed by atoms with E-state index in [4.69, 9.17) is 4.74 Å². The standard InChI is InChI=1S/C18H20N6O5/c1-2-29-11-16(25)19-7-8-23-17-15(9-21-23)18(26)22(12-20-17)10-13-3-5-14(6-4-13)24(27)28/h3-6,9,12H,2,7-8,10-11H2,1H3,(H,19,25). The number of fused-ring (bicyclic) bond motifs is 1. The lowest BCUT2D eigenvalue weighted by molar-refractivity contribution is -0.384. The van der Waals surface area contributed by atoms with Crippen LogP contribution in [0.15, 0.2) is 41.6 Å². The van der Waals surface area contributed by atoms with Crippen LogP contribution >= 0.6 is 0 Å². The zero-order valence-electron chi connectivity index (χ0n) is 15.8. The number of rotatable bonds is 9. The van der Waals surface area contributed by atoms with Crippen molar-refractivity contribution in [3.8, 4) is 0 Å². The summed E-state index contributed by atoms with van der Waals surface area (Å²) in [5.74, 6) is -0.221. The molecule has 0 aliphatic rings. The van der Waals surface area contributed by atoms with Crippen molar-refractivity contribution < 1.29 is 14.5 Å². The van der Waals surface area contributed by atoms with Gasteiger partial charge in [0.05, 0.1) is 24.2 Å². The van der Waals surface area contributed by atoms with E-state index in [0.29, 0.717) is 30.7 Å². The zero-order chi connectivity index (χ0) is 20.8. The summed E-state index contributed by atoms with van der Waals surface area (Å²) in [4.78, 5) is 38.8. The molecule has 3 rings (SSSR count). The fourth-order valence-electron chi connectivity index (χ4n) is 2.74. The number of nitro benzene ring substituents is 1. The first-order valence-electron chi connectivity index (χ1n) is 8.98. The van der Waals surface area contributed by atoms with Gasteiger partial charge in [-0.25, -0.2) is 9.67 Å². The Balaban J connectivity index is 1.70. The lowest BCUT2D eigenvalue weighted by Gasteiger charge is -2.07. The Bertz CT molecular complexity index is 1070. The second-order valence-electron chi connectivity index (χ2n) is 6.19. The van der Waals surface area contributed by atoms with Crippen LogP contribution in [0.2, 0.25) is 0 Å². The van der Waals surface area contributed by atoms with Crippen LogP contribution in [0.3, 0.4) is 0 Å². The maximum Gasteiger partial charge on any atom is 0.269 e. The Labute approximate surface area is 165 Å². The number of nitro groups is 1. The monoisotopic (exact) mass is 400 g/mol. The number of nitrogens with one attached hydrogen (secondary N) is 1. The molecule has 2 heterocycles. The molecule has 11 heteroatoms. The predicted molar refractivity (Wildman–Crippen MR) is 103 cm³/mol. The van der Waals surface area contributed by atoms with E-state index in [1.807, 2.05) is 6.92 Å². The summed E-state index contributed by atoms with van der Waals surface area (Å²) < 4.78 is 7.99. The molecule has 1 N–H and O–H groups in total. The molecule has 152 valence electrons. The van der Waals surface area contributed by atoms with Crippen molar-refractivity contribution >= 4 is 22.6 Å². The third kappa shape index (κ3) is 4.82. The maximum atomic E-state index is 12.7. The molecule has 2 aromatic heterocycles. The first kappa shape index (κ1) is 20.1. The fourth-order valence-corrected chi connectivity index (χ4v) is 2.74. The minimum absolute atomic E-state index is 0.00194. The summed E-state index contributed by atoms with van der Waals surface area (Å²) in [7, 11) is 0. The van der Waals surface area contributed by atoms with Gasteiger partial charge >= 0.3 is 0 Å². The van der Waals surface area contributed by atoms with E-state index < -0.39 is 4.92 Å². The summed E-state index contributed by atoms with van der Waals surface area (Å²) in [5.41, 5.74) is 0.890. The van der Waals surface area contributed by atoms with Crippen molar-refractivity contribution in [1.29, 1.82) is 0 Å². The fraction of sp³-hybridized carbons (Fsp3) is 0.333. The van der Waals surface area contributed by atoms with E-state index in [1.165, 1.54) is 29.2 Å². The number of non-ortho nitro benzene ring substituents is 1. The minimum Gasteiger partial charge on any atom is -0.372 e. The molecule has 1 amide bonds. The second-order valence-corrected chi connectivity index (χ2v) is 6.19. The van der Waals surface area contributed by atoms with Crippen LogP contribution in [-0.2, 0) is 22.6 Å². The maximum absolute atomic E-state index is 12.7. The highest BCUT2D eigenvalue weighted by atomic mass is 16.6. The number of nitrogens with zero attached hydrogens (tertiary/aromatic N) is 5. The Hall–Kier alpha value is -3.60. The largest absolute Gasteiger partial charge is 0.372 e. The predicted octanol–water partition coefficient (Wildman–Crippen LogP) is 0.702. The van der Waals surface area contributed by atoms with Crippen LogP contribution in [0.4, 0.5) is 5.69 Å². The van der Waals surface area contributed by atoms with E-state index in [-0.39, 0.29) is 30.3 Å². The van der Waals surface area contributed by atoms with Crippen LogP contribution in [0.5, 0.6) is 0 Å². The van der Waals surface area contributed by atoms with E-state index >= 15 is 0 Å². The highest BCUT2D eigenvalue weighted by Gasteiger charge is 2.11. The summed E-state index contributed by atoms with van der Waals surface area (Å²) >= 11 is 0. The van der Waals surface area contributed by atoms with Gasteiger partial charge in [-0.05, 0) is 12.5 Å². The van der Waals surface area contributed by atoms with E-state index in [9.17, 15) is 19.7 Å². The summed E-state index contributed by atoms with van der Waals surface area (Å²) in [6.07, 6.45) is 2.86. The molecule has 0 aliphatic heterocycles. The van der Waals surface area contributed by atoms with Gasteiger partial charge in [-0.3, -0.25) is 24.3 Å². The molecule has 0 unspecified atom stereocenters. The van der Waals surface area contributed by atoms with Crippen molar-refractivity contribution in [3.05, 3.63) is 62.8 Å². The van der Waals surface area contributed by atoms with Crippen molar-refractivity contribution in [3.63, 3.8) is 0 Å². The highest BCUT2D eigenvalue weighted by molar-refractivity contribution is 5.77. The van der Waals surface area contributed by atoms with Crippen LogP contribution in [0, 0.1) is 10.1 Å². The number of benzene rings is 1. The van der Waals surface area contributed by atoms with Crippen LogP contribution in [0.25, 0.3) is 11.0 Å². The third-order valence-electron chi connectivity index (χ3n) is 4.21. The molecule has 11 nitrogen and oxygen atoms in total. The average molecular weight is 400 g/mol. The Morgan fingerprint density at radius 1 is 1.31 bits per heavy atom. The second kappa shape index (κ2) is 9.06. The molecular formula is C18H20N6O5. The molecule has 0 fully saturated rings. The number of ether oxygens (including phenoxy) is 1. The molecule has 0 radical (unpaired) electrons. The Morgan fingerprint density at radius 2 is 2.07 bits per heavy atom. The molecule has 29 heavy (non-hydrogen) atoms. The molecule has 3 aromatic rings. The number of carbonyl (C=O) groups excluding carboxylic acids is 1. The van der Waals surface area contributed by atoms with Gasteiger partial charge in [-0.15, -0.1) is 0 Å². The Kier molecular flexibility index (Phi) is 6.29. The average Bonchev–Trinajstić information content (AvgIpc) is 3.12. The molecule has 0 bridgehead atoms. The quantitative estimate of drug-likeness (QED) is 0.413. The summed E-state index contributed by atoms with van der Waals surface area (Å²) in [6, 6.07) is 5.99. The number of aromatic nitrogens is 4. The molecule has 1 aromatic carbocycles. The van der Waals surface area contributed by atoms with Crippen molar-refractivity contribution in [2.45, 2.75) is 20.0 Å². The van der Waals surface area contributed by atoms with E-state index in [2.05, 4.69) is 15.4 Å². The van der Waals surface area contributed by atoms with Crippen molar-refractivity contribution in [2.24, 2.45) is 0 Å². The van der Waals surface area contributed by atoms with Crippen molar-refractivity contribution in [2.75, 3.05) is 19.8 Å². The first-order valence-corrected chi connectivity index (χ1v) is 8.98. The lowest BCUT2D eigenvalue weighted by Crippen LogP contribution is -2.31. The number of hydrogen-bond acceptors (Lipinski definition) is 7. The molecule has 0 spiro atoms. The van der Waals surface area contributed by atoms with Gasteiger partial charge in [0.25, 0.3) is 11.2 Å². The van der Waals surface area contributed by atoms with Crippen LogP contribution in [0.1, 0.15) is 12.5 Å². The van der Waals surface area contributed by atoms with Crippen LogP contribution < -0.4 is 10.9 Å². The SMILES string of the molecule is CCOCC(=O)NCCn1ncc2c(=O)n(Cc3ccc([N+](=O)[O-])cc3)cnc21. The molecule has 0 aliphatic carbocycles. The summed E-state index contributed by atoms with van der Waals surface area (Å²) in [5, 5.41) is 18.0. The molecular weight excluding hydrogens is 380 g/mol. The van der Waals surface area contributed by atoms with Gasteiger partial charge < -0.3 is 10.1 Å². The topological polar surface area (TPSA) is 134 Å². The minimum atomic E-state index is -0.475. The third-order valence-corrected chi connectivity index (χ3v) is 4.21. The van der Waals surface area contributed by atoms with Gasteiger partial charge in [0.1, 0.15) is 18.3 Å². The number of hydrogen-bond donors (Lipinski definition) is 1. The van der Waals surface area contributed by atoms with E-state index in [1.54, 1.807) is 16.8 Å². The van der Waals surface area contributed by atoms with Crippen molar-refractivity contribution in [1.82, 2.24) is 24.6 Å². The van der Waals surface area contributed by atoms with Crippen LogP contribution in [-0.4, -0.2) is 49.9 Å². The van der Waals surface area contributed by atoms with E-state index in [0.717, 1.165) is 5.56 Å². The zero-order valence-corrected chi connectivity index (χ0v) is 15.8. The summed E-state index contributed by atoms with van der Waals surface area (Å²) in [6.45, 7) is 3.20. The number of amides is 1. The van der Waals surface area contributed by atoms with Gasteiger partial charge in [0, 0.05) is 25.3 Å². The first-order chi connectivity index (χ1) is 14.0. The molecule has 0 saturated carbocycles. The lowest BCUT2D eigenvalue weighted by atomic mass is 10.2. The van der Waals surface area contributed by atoms with Gasteiger partial charge in [0.15, 0.2) is 5.65 Å². The Morgan fingerprint density at radius 3 is 2.76 bits per heavy atom. The highest BCUT2D eigenvalue weighted by Crippen LogP contribution is 2.13. The smallest absolute Gasteiger partial charge is 0.269 e. The van der Waals surface area contributed by atoms with Gasteiger partial charge in [-0.1, -0.05) is 12.1 Å². The molecule has 0 atom stereocenters. The normalized spacial score (nSPS) is 10.9. The molecule has 0 saturated heterocycles. The number of carbonyl (C=O) groups is 1.